The average molecular weight is 271 g/mol. The van der Waals surface area contributed by atoms with Crippen LogP contribution in [0.25, 0.3) is 5.82 Å². The highest BCUT2D eigenvalue weighted by molar-refractivity contribution is 6.39. The summed E-state index contributed by atoms with van der Waals surface area (Å²) in [6.07, 6.45) is 6.14. The van der Waals surface area contributed by atoms with Crippen molar-refractivity contribution in [2.75, 3.05) is 11.9 Å². The van der Waals surface area contributed by atoms with E-state index in [4.69, 9.17) is 0 Å². The number of nitrogens with one attached hydrogen (secondary N) is 2. The van der Waals surface area contributed by atoms with Gasteiger partial charge in [0.2, 0.25) is 0 Å². The number of carbonyl (C=O) groups excluding carboxylic acids is 2. The number of anilines is 1. The summed E-state index contributed by atoms with van der Waals surface area (Å²) in [4.78, 5) is 27.0. The van der Waals surface area contributed by atoms with Crippen molar-refractivity contribution in [3.8, 4) is 5.82 Å². The zero-order valence-corrected chi connectivity index (χ0v) is 10.6. The van der Waals surface area contributed by atoms with E-state index in [2.05, 4.69) is 27.3 Å². The molecule has 0 saturated carbocycles. The summed E-state index contributed by atoms with van der Waals surface area (Å²) >= 11 is 0. The highest BCUT2D eigenvalue weighted by Crippen LogP contribution is 2.08. The van der Waals surface area contributed by atoms with Gasteiger partial charge in [-0.05, 0) is 12.1 Å². The minimum absolute atomic E-state index is 0.236. The third-order valence-corrected chi connectivity index (χ3v) is 2.34. The number of hydrogen-bond acceptors (Lipinski definition) is 4. The van der Waals surface area contributed by atoms with Crippen LogP contribution in [0.3, 0.4) is 0 Å². The third kappa shape index (κ3) is 3.29. The van der Waals surface area contributed by atoms with Crippen molar-refractivity contribution in [3.05, 3.63) is 49.4 Å². The summed E-state index contributed by atoms with van der Waals surface area (Å²) in [5, 5.41) is 8.88. The van der Waals surface area contributed by atoms with Gasteiger partial charge in [0.1, 0.15) is 0 Å². The quantitative estimate of drug-likeness (QED) is 0.626. The van der Waals surface area contributed by atoms with Crippen molar-refractivity contribution in [3.63, 3.8) is 0 Å². The van der Waals surface area contributed by atoms with Gasteiger partial charge in [-0.1, -0.05) is 12.1 Å². The maximum Gasteiger partial charge on any atom is 0.313 e. The molecule has 7 heteroatoms. The van der Waals surface area contributed by atoms with Crippen molar-refractivity contribution in [1.82, 2.24) is 20.1 Å². The molecule has 0 fully saturated rings. The summed E-state index contributed by atoms with van der Waals surface area (Å²) in [6.45, 7) is 3.68. The lowest BCUT2D eigenvalue weighted by molar-refractivity contribution is -0.136. The topological polar surface area (TPSA) is 88.9 Å². The molecule has 2 rings (SSSR count). The Bertz CT molecular complexity index is 621. The molecule has 0 unspecified atom stereocenters. The minimum Gasteiger partial charge on any atom is -0.344 e. The largest absolute Gasteiger partial charge is 0.344 e. The SMILES string of the molecule is C=CCNC(=O)C(=O)Nc1cnn(-c2ccccn2)c1. The average Bonchev–Trinajstić information content (AvgIpc) is 2.94. The molecule has 0 bridgehead atoms. The van der Waals surface area contributed by atoms with E-state index >= 15 is 0 Å². The second kappa shape index (κ2) is 6.28. The van der Waals surface area contributed by atoms with Crippen LogP contribution in [0.4, 0.5) is 5.69 Å². The molecule has 7 nitrogen and oxygen atoms in total. The highest BCUT2D eigenvalue weighted by Gasteiger charge is 2.13. The van der Waals surface area contributed by atoms with Gasteiger partial charge in [-0.3, -0.25) is 9.59 Å². The van der Waals surface area contributed by atoms with Crippen molar-refractivity contribution in [2.24, 2.45) is 0 Å². The molecular weight excluding hydrogens is 258 g/mol. The molecular formula is C13H13N5O2. The summed E-state index contributed by atoms with van der Waals surface area (Å²) in [5.41, 5.74) is 0.411. The number of amides is 2. The van der Waals surface area contributed by atoms with Crippen LogP contribution in [0.1, 0.15) is 0 Å². The maximum atomic E-state index is 11.6. The Balaban J connectivity index is 2.01. The zero-order chi connectivity index (χ0) is 14.4. The van der Waals surface area contributed by atoms with Crippen LogP contribution in [0.2, 0.25) is 0 Å². The van der Waals surface area contributed by atoms with Gasteiger partial charge < -0.3 is 10.6 Å². The number of hydrogen-bond donors (Lipinski definition) is 2. The van der Waals surface area contributed by atoms with Gasteiger partial charge in [0, 0.05) is 12.7 Å². The Morgan fingerprint density at radius 2 is 2.20 bits per heavy atom. The van der Waals surface area contributed by atoms with E-state index < -0.39 is 11.8 Å². The van der Waals surface area contributed by atoms with Gasteiger partial charge in [-0.25, -0.2) is 9.67 Å². The number of rotatable bonds is 4. The van der Waals surface area contributed by atoms with E-state index in [0.717, 1.165) is 0 Å². The molecule has 0 spiro atoms. The molecule has 20 heavy (non-hydrogen) atoms. The smallest absolute Gasteiger partial charge is 0.313 e. The van der Waals surface area contributed by atoms with E-state index in [1.54, 1.807) is 24.5 Å². The standard InChI is InChI=1S/C13H13N5O2/c1-2-6-15-12(19)13(20)17-10-8-16-18(9-10)11-5-3-4-7-14-11/h2-5,7-9H,1,6H2,(H,15,19)(H,17,20). The molecule has 0 aliphatic heterocycles. The predicted octanol–water partition coefficient (Wildman–Crippen LogP) is 0.508. The first-order chi connectivity index (χ1) is 9.70. The fraction of sp³-hybridized carbons (Fsp3) is 0.0769. The normalized spacial score (nSPS) is 9.80. The van der Waals surface area contributed by atoms with Crippen molar-refractivity contribution in [2.45, 2.75) is 0 Å². The summed E-state index contributed by atoms with van der Waals surface area (Å²) < 4.78 is 1.50. The van der Waals surface area contributed by atoms with E-state index in [1.165, 1.54) is 17.0 Å². The van der Waals surface area contributed by atoms with Crippen LogP contribution in [0.15, 0.2) is 49.4 Å². The molecule has 0 aliphatic rings. The number of aromatic nitrogens is 3. The van der Waals surface area contributed by atoms with Gasteiger partial charge in [0.05, 0.1) is 18.1 Å². The molecule has 102 valence electrons. The van der Waals surface area contributed by atoms with Crippen LogP contribution in [-0.4, -0.2) is 33.1 Å². The van der Waals surface area contributed by atoms with E-state index in [0.29, 0.717) is 11.5 Å². The van der Waals surface area contributed by atoms with Gasteiger partial charge in [0.15, 0.2) is 5.82 Å². The van der Waals surface area contributed by atoms with Crippen molar-refractivity contribution < 1.29 is 9.59 Å². The summed E-state index contributed by atoms with van der Waals surface area (Å²) in [5.74, 6) is -0.869. The fourth-order valence-electron chi connectivity index (χ4n) is 1.43. The fourth-order valence-corrected chi connectivity index (χ4v) is 1.43. The molecule has 0 atom stereocenters. The lowest BCUT2D eigenvalue weighted by Gasteiger charge is -2.02. The molecule has 2 N–H and O–H groups in total. The molecule has 2 heterocycles. The summed E-state index contributed by atoms with van der Waals surface area (Å²) in [7, 11) is 0. The number of nitrogens with zero attached hydrogens (tertiary/aromatic N) is 3. The van der Waals surface area contributed by atoms with E-state index in [1.807, 2.05) is 6.07 Å². The van der Waals surface area contributed by atoms with Crippen LogP contribution in [0.5, 0.6) is 0 Å². The van der Waals surface area contributed by atoms with Crippen LogP contribution in [0, 0.1) is 0 Å². The Morgan fingerprint density at radius 3 is 2.90 bits per heavy atom. The van der Waals surface area contributed by atoms with Gasteiger partial charge in [-0.2, -0.15) is 5.10 Å². The first-order valence-electron chi connectivity index (χ1n) is 5.87. The highest BCUT2D eigenvalue weighted by atomic mass is 16.2. The first kappa shape index (κ1) is 13.5. The van der Waals surface area contributed by atoms with Gasteiger partial charge in [-0.15, -0.1) is 6.58 Å². The Morgan fingerprint density at radius 1 is 1.35 bits per heavy atom. The molecule has 0 aliphatic carbocycles. The Labute approximate surface area is 115 Å². The number of pyridine rings is 1. The van der Waals surface area contributed by atoms with Crippen LogP contribution < -0.4 is 10.6 Å². The predicted molar refractivity (Wildman–Crippen MR) is 73.2 cm³/mol. The minimum atomic E-state index is -0.757. The Hall–Kier alpha value is -2.96. The van der Waals surface area contributed by atoms with Gasteiger partial charge in [0.25, 0.3) is 0 Å². The van der Waals surface area contributed by atoms with E-state index in [-0.39, 0.29) is 6.54 Å². The number of carbonyl (C=O) groups is 2. The third-order valence-electron chi connectivity index (χ3n) is 2.34. The van der Waals surface area contributed by atoms with Crippen molar-refractivity contribution >= 4 is 17.5 Å². The molecule has 0 saturated heterocycles. The second-order valence-corrected chi connectivity index (χ2v) is 3.81. The van der Waals surface area contributed by atoms with Crippen molar-refractivity contribution in [1.29, 1.82) is 0 Å². The molecule has 2 amide bonds. The molecule has 0 radical (unpaired) electrons. The lowest BCUT2D eigenvalue weighted by atomic mass is 10.4. The zero-order valence-electron chi connectivity index (χ0n) is 10.6. The van der Waals surface area contributed by atoms with Crippen LogP contribution in [-0.2, 0) is 9.59 Å². The van der Waals surface area contributed by atoms with Crippen LogP contribution >= 0.6 is 0 Å². The summed E-state index contributed by atoms with van der Waals surface area (Å²) in [6, 6.07) is 5.39. The maximum absolute atomic E-state index is 11.6. The van der Waals surface area contributed by atoms with Gasteiger partial charge >= 0.3 is 11.8 Å². The molecule has 2 aromatic heterocycles. The first-order valence-corrected chi connectivity index (χ1v) is 5.87. The second-order valence-electron chi connectivity index (χ2n) is 3.81. The van der Waals surface area contributed by atoms with E-state index in [9.17, 15) is 9.59 Å². The monoisotopic (exact) mass is 271 g/mol. The lowest BCUT2D eigenvalue weighted by Crippen LogP contribution is -2.35. The Kier molecular flexibility index (Phi) is 4.23. The molecule has 0 aromatic carbocycles. The molecule has 2 aromatic rings.